The van der Waals surface area contributed by atoms with Crippen molar-refractivity contribution in [3.63, 3.8) is 0 Å². The highest BCUT2D eigenvalue weighted by molar-refractivity contribution is 6.04. The first-order chi connectivity index (χ1) is 13.3. The first-order valence-corrected chi connectivity index (χ1v) is 7.80. The van der Waals surface area contributed by atoms with Crippen LogP contribution in [-0.4, -0.2) is 10.9 Å². The molecule has 0 unspecified atom stereocenters. The van der Waals surface area contributed by atoms with Crippen LogP contribution in [0.1, 0.15) is 15.9 Å². The van der Waals surface area contributed by atoms with E-state index in [0.717, 1.165) is 6.07 Å². The van der Waals surface area contributed by atoms with Gasteiger partial charge in [-0.3, -0.25) is 9.78 Å². The summed E-state index contributed by atoms with van der Waals surface area (Å²) in [5.74, 6) is -3.58. The Hall–Kier alpha value is -3.49. The van der Waals surface area contributed by atoms with Crippen LogP contribution in [0.2, 0.25) is 0 Å². The number of nitrogens with one attached hydrogen (secondary N) is 1. The SMILES string of the molecule is O=C(Nc1ccc(Oc2ccccc2C(F)(F)F)cc1)c1c(F)cncc1F. The average molecular weight is 394 g/mol. The van der Waals surface area contributed by atoms with Crippen LogP contribution in [0, 0.1) is 11.6 Å². The smallest absolute Gasteiger partial charge is 0.419 e. The molecule has 3 rings (SSSR count). The van der Waals surface area contributed by atoms with Gasteiger partial charge in [-0.05, 0) is 36.4 Å². The number of benzene rings is 2. The molecule has 2 aromatic carbocycles. The van der Waals surface area contributed by atoms with Crippen LogP contribution in [0.5, 0.6) is 11.5 Å². The summed E-state index contributed by atoms with van der Waals surface area (Å²) in [7, 11) is 0. The standard InChI is InChI=1S/C19H11F5N2O2/c20-14-9-25-10-15(21)17(14)18(27)26-11-5-7-12(8-6-11)28-16-4-2-1-3-13(16)19(22,23)24/h1-10H,(H,26,27). The maximum absolute atomic E-state index is 13.6. The zero-order valence-corrected chi connectivity index (χ0v) is 13.9. The molecule has 1 N–H and O–H groups in total. The third kappa shape index (κ3) is 4.25. The minimum Gasteiger partial charge on any atom is -0.457 e. The van der Waals surface area contributed by atoms with Crippen molar-refractivity contribution in [2.45, 2.75) is 6.18 Å². The van der Waals surface area contributed by atoms with E-state index >= 15 is 0 Å². The Balaban J connectivity index is 1.76. The molecule has 28 heavy (non-hydrogen) atoms. The number of hydrogen-bond acceptors (Lipinski definition) is 3. The van der Waals surface area contributed by atoms with Gasteiger partial charge in [-0.2, -0.15) is 13.2 Å². The fraction of sp³-hybridized carbons (Fsp3) is 0.0526. The molecule has 3 aromatic rings. The van der Waals surface area contributed by atoms with E-state index in [-0.39, 0.29) is 17.2 Å². The lowest BCUT2D eigenvalue weighted by molar-refractivity contribution is -0.138. The molecule has 0 spiro atoms. The van der Waals surface area contributed by atoms with E-state index in [2.05, 4.69) is 10.3 Å². The van der Waals surface area contributed by atoms with Gasteiger partial charge in [-0.25, -0.2) is 8.78 Å². The molecule has 1 amide bonds. The molecule has 1 heterocycles. The second-order valence-corrected chi connectivity index (χ2v) is 5.55. The monoisotopic (exact) mass is 394 g/mol. The molecule has 9 heteroatoms. The minimum atomic E-state index is -4.58. The Labute approximate surface area is 155 Å². The normalized spacial score (nSPS) is 11.2. The number of carbonyl (C=O) groups is 1. The molecule has 1 aromatic heterocycles. The lowest BCUT2D eigenvalue weighted by atomic mass is 10.2. The van der Waals surface area contributed by atoms with Gasteiger partial charge in [0.15, 0.2) is 11.6 Å². The van der Waals surface area contributed by atoms with Crippen LogP contribution in [0.15, 0.2) is 60.9 Å². The van der Waals surface area contributed by atoms with E-state index in [1.807, 2.05) is 0 Å². The van der Waals surface area contributed by atoms with E-state index in [1.165, 1.54) is 42.5 Å². The highest BCUT2D eigenvalue weighted by Gasteiger charge is 2.34. The van der Waals surface area contributed by atoms with E-state index in [0.29, 0.717) is 12.4 Å². The van der Waals surface area contributed by atoms with E-state index in [9.17, 15) is 26.7 Å². The predicted octanol–water partition coefficient (Wildman–Crippen LogP) is 5.42. The van der Waals surface area contributed by atoms with E-state index in [4.69, 9.17) is 4.74 Å². The van der Waals surface area contributed by atoms with Crippen LogP contribution in [-0.2, 0) is 6.18 Å². The molecule has 0 aliphatic rings. The van der Waals surface area contributed by atoms with Gasteiger partial charge >= 0.3 is 6.18 Å². The third-order valence-electron chi connectivity index (χ3n) is 3.61. The minimum absolute atomic E-state index is 0.0796. The fourth-order valence-corrected chi connectivity index (χ4v) is 2.34. The van der Waals surface area contributed by atoms with Gasteiger partial charge in [0, 0.05) is 5.69 Å². The van der Waals surface area contributed by atoms with Gasteiger partial charge < -0.3 is 10.1 Å². The number of pyridine rings is 1. The Morgan fingerprint density at radius 1 is 0.929 bits per heavy atom. The Kier molecular flexibility index (Phi) is 5.25. The van der Waals surface area contributed by atoms with E-state index < -0.39 is 34.8 Å². The number of amides is 1. The van der Waals surface area contributed by atoms with Crippen LogP contribution in [0.4, 0.5) is 27.6 Å². The molecule has 0 saturated heterocycles. The maximum atomic E-state index is 13.6. The maximum Gasteiger partial charge on any atom is 0.419 e. The Bertz CT molecular complexity index is 984. The van der Waals surface area contributed by atoms with Crippen molar-refractivity contribution in [1.82, 2.24) is 4.98 Å². The molecule has 0 aliphatic heterocycles. The molecule has 0 aliphatic carbocycles. The highest BCUT2D eigenvalue weighted by atomic mass is 19.4. The molecule has 0 fully saturated rings. The Morgan fingerprint density at radius 2 is 1.54 bits per heavy atom. The fourth-order valence-electron chi connectivity index (χ4n) is 2.34. The van der Waals surface area contributed by atoms with Gasteiger partial charge in [0.2, 0.25) is 0 Å². The summed E-state index contributed by atoms with van der Waals surface area (Å²) >= 11 is 0. The summed E-state index contributed by atoms with van der Waals surface area (Å²) < 4.78 is 71.4. The largest absolute Gasteiger partial charge is 0.457 e. The predicted molar refractivity (Wildman–Crippen MR) is 90.1 cm³/mol. The van der Waals surface area contributed by atoms with Crippen molar-refractivity contribution in [3.05, 3.63) is 83.7 Å². The number of aromatic nitrogens is 1. The van der Waals surface area contributed by atoms with Gasteiger partial charge in [0.1, 0.15) is 17.1 Å². The second kappa shape index (κ2) is 7.63. The number of nitrogens with zero attached hydrogens (tertiary/aromatic N) is 1. The number of hydrogen-bond donors (Lipinski definition) is 1. The molecule has 4 nitrogen and oxygen atoms in total. The summed E-state index contributed by atoms with van der Waals surface area (Å²) in [5.41, 5.74) is -1.57. The molecule has 144 valence electrons. The van der Waals surface area contributed by atoms with Crippen LogP contribution in [0.3, 0.4) is 0 Å². The van der Waals surface area contributed by atoms with Crippen LogP contribution in [0.25, 0.3) is 0 Å². The van der Waals surface area contributed by atoms with Gasteiger partial charge in [0.05, 0.1) is 18.0 Å². The topological polar surface area (TPSA) is 51.2 Å². The molecular weight excluding hydrogens is 383 g/mol. The Morgan fingerprint density at radius 3 is 2.14 bits per heavy atom. The number of anilines is 1. The van der Waals surface area contributed by atoms with Crippen molar-refractivity contribution in [2.75, 3.05) is 5.32 Å². The van der Waals surface area contributed by atoms with Crippen molar-refractivity contribution in [2.24, 2.45) is 0 Å². The number of carbonyl (C=O) groups excluding carboxylic acids is 1. The molecule has 0 atom stereocenters. The average Bonchev–Trinajstić information content (AvgIpc) is 2.63. The van der Waals surface area contributed by atoms with Crippen molar-refractivity contribution >= 4 is 11.6 Å². The van der Waals surface area contributed by atoms with Crippen molar-refractivity contribution in [3.8, 4) is 11.5 Å². The van der Waals surface area contributed by atoms with Gasteiger partial charge in [0.25, 0.3) is 5.91 Å². The summed E-state index contributed by atoms with van der Waals surface area (Å²) in [5, 5.41) is 2.28. The lowest BCUT2D eigenvalue weighted by Gasteiger charge is -2.13. The van der Waals surface area contributed by atoms with Gasteiger partial charge in [-0.1, -0.05) is 12.1 Å². The molecule has 0 radical (unpaired) electrons. The number of halogens is 5. The number of para-hydroxylation sites is 1. The van der Waals surface area contributed by atoms with Crippen molar-refractivity contribution in [1.29, 1.82) is 0 Å². The molecule has 0 bridgehead atoms. The summed E-state index contributed by atoms with van der Waals surface area (Å²) in [6.07, 6.45) is -3.18. The summed E-state index contributed by atoms with van der Waals surface area (Å²) in [4.78, 5) is 15.3. The third-order valence-corrected chi connectivity index (χ3v) is 3.61. The van der Waals surface area contributed by atoms with Gasteiger partial charge in [-0.15, -0.1) is 0 Å². The first-order valence-electron chi connectivity index (χ1n) is 7.80. The zero-order chi connectivity index (χ0) is 20.3. The lowest BCUT2D eigenvalue weighted by Crippen LogP contribution is -2.16. The first kappa shape index (κ1) is 19.3. The van der Waals surface area contributed by atoms with E-state index in [1.54, 1.807) is 0 Å². The molecular formula is C19H11F5N2O2. The number of alkyl halides is 3. The number of rotatable bonds is 4. The van der Waals surface area contributed by atoms with Crippen LogP contribution < -0.4 is 10.1 Å². The quantitative estimate of drug-likeness (QED) is 0.601. The van der Waals surface area contributed by atoms with Crippen LogP contribution >= 0.6 is 0 Å². The number of ether oxygens (including phenoxy) is 1. The van der Waals surface area contributed by atoms with Crippen molar-refractivity contribution < 1.29 is 31.5 Å². The second-order valence-electron chi connectivity index (χ2n) is 5.55. The molecule has 0 saturated carbocycles. The highest BCUT2D eigenvalue weighted by Crippen LogP contribution is 2.38. The summed E-state index contributed by atoms with van der Waals surface area (Å²) in [6.45, 7) is 0. The zero-order valence-electron chi connectivity index (χ0n) is 13.9. The summed E-state index contributed by atoms with van der Waals surface area (Å²) in [6, 6.07) is 9.96.